The second-order valence-corrected chi connectivity index (χ2v) is 5.46. The molecule has 0 heterocycles. The highest BCUT2D eigenvalue weighted by molar-refractivity contribution is 6.30. The van der Waals surface area contributed by atoms with Crippen LogP contribution < -0.4 is 16.0 Å². The Morgan fingerprint density at radius 1 is 1.04 bits per heavy atom. The van der Waals surface area contributed by atoms with Crippen molar-refractivity contribution in [2.24, 2.45) is 0 Å². The lowest BCUT2D eigenvalue weighted by molar-refractivity contribution is -0.116. The third-order valence-electron chi connectivity index (χ3n) is 3.24. The molecule has 2 aromatic carbocycles. The van der Waals surface area contributed by atoms with E-state index < -0.39 is 6.04 Å². The van der Waals surface area contributed by atoms with Crippen molar-refractivity contribution < 1.29 is 9.59 Å². The van der Waals surface area contributed by atoms with Crippen LogP contribution >= 0.6 is 11.6 Å². The van der Waals surface area contributed by atoms with Gasteiger partial charge in [-0.1, -0.05) is 17.7 Å². The summed E-state index contributed by atoms with van der Waals surface area (Å²) in [6.45, 7) is 1.75. The molecule has 0 bridgehead atoms. The van der Waals surface area contributed by atoms with Crippen LogP contribution in [0.25, 0.3) is 0 Å². The van der Waals surface area contributed by atoms with Crippen molar-refractivity contribution in [3.05, 3.63) is 59.1 Å². The number of carbonyl (C=O) groups excluding carboxylic acids is 2. The number of anilines is 2. The topological polar surface area (TPSA) is 70.2 Å². The molecule has 0 radical (unpaired) electrons. The van der Waals surface area contributed by atoms with Gasteiger partial charge in [-0.15, -0.1) is 0 Å². The fourth-order valence-corrected chi connectivity index (χ4v) is 2.12. The Morgan fingerprint density at radius 2 is 1.74 bits per heavy atom. The van der Waals surface area contributed by atoms with Gasteiger partial charge < -0.3 is 16.0 Å². The predicted octanol–water partition coefficient (Wildman–Crippen LogP) is 3.14. The molecule has 120 valence electrons. The van der Waals surface area contributed by atoms with Crippen molar-refractivity contribution in [1.82, 2.24) is 5.32 Å². The van der Waals surface area contributed by atoms with E-state index in [0.717, 1.165) is 0 Å². The zero-order valence-electron chi connectivity index (χ0n) is 12.9. The number of halogens is 1. The van der Waals surface area contributed by atoms with E-state index in [0.29, 0.717) is 22.0 Å². The van der Waals surface area contributed by atoms with Crippen molar-refractivity contribution in [3.63, 3.8) is 0 Å². The smallest absolute Gasteiger partial charge is 0.251 e. The molecule has 0 aliphatic rings. The van der Waals surface area contributed by atoms with Crippen molar-refractivity contribution in [2.75, 3.05) is 17.7 Å². The van der Waals surface area contributed by atoms with Crippen molar-refractivity contribution in [1.29, 1.82) is 0 Å². The molecule has 0 aromatic heterocycles. The predicted molar refractivity (Wildman–Crippen MR) is 93.0 cm³/mol. The van der Waals surface area contributed by atoms with Gasteiger partial charge in [0, 0.05) is 29.0 Å². The zero-order valence-corrected chi connectivity index (χ0v) is 13.6. The van der Waals surface area contributed by atoms with Gasteiger partial charge in [-0.25, -0.2) is 0 Å². The molecule has 2 amide bonds. The van der Waals surface area contributed by atoms with Crippen LogP contribution in [0.5, 0.6) is 0 Å². The van der Waals surface area contributed by atoms with Gasteiger partial charge in [0.05, 0.1) is 0 Å². The summed E-state index contributed by atoms with van der Waals surface area (Å²) in [6.07, 6.45) is 0. The van der Waals surface area contributed by atoms with E-state index in [-0.39, 0.29) is 11.8 Å². The maximum absolute atomic E-state index is 12.2. The molecular formula is C17H18ClN3O2. The zero-order chi connectivity index (χ0) is 16.8. The molecule has 3 N–H and O–H groups in total. The van der Waals surface area contributed by atoms with Crippen LogP contribution in [0.15, 0.2) is 48.5 Å². The summed E-state index contributed by atoms with van der Waals surface area (Å²) in [5.41, 5.74) is 1.90. The normalized spacial score (nSPS) is 11.4. The number of benzene rings is 2. The lowest BCUT2D eigenvalue weighted by Crippen LogP contribution is -2.32. The Bertz CT molecular complexity index is 701. The minimum Gasteiger partial charge on any atom is -0.374 e. The Balaban J connectivity index is 2.00. The van der Waals surface area contributed by atoms with Crippen LogP contribution in [0.2, 0.25) is 5.02 Å². The van der Waals surface area contributed by atoms with Crippen LogP contribution in [-0.4, -0.2) is 24.9 Å². The minimum absolute atomic E-state index is 0.174. The molecule has 0 spiro atoms. The Hall–Kier alpha value is -2.53. The molecule has 1 atom stereocenters. The van der Waals surface area contributed by atoms with Gasteiger partial charge in [-0.3, -0.25) is 9.59 Å². The van der Waals surface area contributed by atoms with E-state index in [1.54, 1.807) is 62.5 Å². The highest BCUT2D eigenvalue weighted by atomic mass is 35.5. The second kappa shape index (κ2) is 7.65. The minimum atomic E-state index is -0.467. The second-order valence-electron chi connectivity index (χ2n) is 5.02. The summed E-state index contributed by atoms with van der Waals surface area (Å²) in [4.78, 5) is 23.8. The average molecular weight is 332 g/mol. The maximum atomic E-state index is 12.2. The van der Waals surface area contributed by atoms with E-state index in [1.807, 2.05) is 0 Å². The van der Waals surface area contributed by atoms with E-state index in [9.17, 15) is 9.59 Å². The van der Waals surface area contributed by atoms with E-state index in [4.69, 9.17) is 11.6 Å². The van der Waals surface area contributed by atoms with Gasteiger partial charge >= 0.3 is 0 Å². The SMILES string of the molecule is CNC(=O)c1cccc(N[C@H](C)C(=O)Nc2ccc(Cl)cc2)c1. The highest BCUT2D eigenvalue weighted by Crippen LogP contribution is 2.15. The number of hydrogen-bond acceptors (Lipinski definition) is 3. The Morgan fingerprint density at radius 3 is 2.39 bits per heavy atom. The third kappa shape index (κ3) is 4.72. The largest absolute Gasteiger partial charge is 0.374 e. The molecule has 0 aliphatic carbocycles. The van der Waals surface area contributed by atoms with Crippen LogP contribution in [0, 0.1) is 0 Å². The first-order chi connectivity index (χ1) is 11.0. The van der Waals surface area contributed by atoms with Gasteiger partial charge in [0.15, 0.2) is 0 Å². The summed E-state index contributed by atoms with van der Waals surface area (Å²) in [7, 11) is 1.57. The molecule has 0 saturated heterocycles. The van der Waals surface area contributed by atoms with Gasteiger partial charge in [0.25, 0.3) is 5.91 Å². The Kier molecular flexibility index (Phi) is 5.60. The van der Waals surface area contributed by atoms with Crippen LogP contribution in [-0.2, 0) is 4.79 Å². The monoisotopic (exact) mass is 331 g/mol. The first-order valence-corrected chi connectivity index (χ1v) is 7.52. The summed E-state index contributed by atoms with van der Waals surface area (Å²) in [6, 6.07) is 13.4. The lowest BCUT2D eigenvalue weighted by Gasteiger charge is -2.16. The first-order valence-electron chi connectivity index (χ1n) is 7.14. The van der Waals surface area contributed by atoms with Crippen molar-refractivity contribution in [2.45, 2.75) is 13.0 Å². The standard InChI is InChI=1S/C17H18ClN3O2/c1-11(16(22)21-14-8-6-13(18)7-9-14)20-15-5-3-4-12(10-15)17(23)19-2/h3-11,20H,1-2H3,(H,19,23)(H,21,22)/t11-/m1/s1. The van der Waals surface area contributed by atoms with Crippen LogP contribution in [0.4, 0.5) is 11.4 Å². The molecule has 2 aromatic rings. The molecule has 2 rings (SSSR count). The molecular weight excluding hydrogens is 314 g/mol. The summed E-state index contributed by atoms with van der Waals surface area (Å²) in [5.74, 6) is -0.357. The lowest BCUT2D eigenvalue weighted by atomic mass is 10.1. The molecule has 0 aliphatic heterocycles. The molecule has 5 nitrogen and oxygen atoms in total. The number of nitrogens with one attached hydrogen (secondary N) is 3. The van der Waals surface area contributed by atoms with Crippen LogP contribution in [0.3, 0.4) is 0 Å². The maximum Gasteiger partial charge on any atom is 0.251 e. The Labute approximate surface area is 140 Å². The first kappa shape index (κ1) is 16.8. The molecule has 0 unspecified atom stereocenters. The van der Waals surface area contributed by atoms with Gasteiger partial charge in [0.1, 0.15) is 6.04 Å². The number of hydrogen-bond donors (Lipinski definition) is 3. The summed E-state index contributed by atoms with van der Waals surface area (Å²) < 4.78 is 0. The van der Waals surface area contributed by atoms with E-state index in [1.165, 1.54) is 0 Å². The van der Waals surface area contributed by atoms with E-state index in [2.05, 4.69) is 16.0 Å². The van der Waals surface area contributed by atoms with Crippen molar-refractivity contribution in [3.8, 4) is 0 Å². The molecule has 0 saturated carbocycles. The fourth-order valence-electron chi connectivity index (χ4n) is 1.99. The van der Waals surface area contributed by atoms with Crippen molar-refractivity contribution >= 4 is 34.8 Å². The van der Waals surface area contributed by atoms with Gasteiger partial charge in [-0.05, 0) is 49.4 Å². The highest BCUT2D eigenvalue weighted by Gasteiger charge is 2.13. The number of carbonyl (C=O) groups is 2. The van der Waals surface area contributed by atoms with Gasteiger partial charge in [0.2, 0.25) is 5.91 Å². The third-order valence-corrected chi connectivity index (χ3v) is 3.49. The summed E-state index contributed by atoms with van der Waals surface area (Å²) >= 11 is 5.81. The average Bonchev–Trinajstić information content (AvgIpc) is 2.56. The fraction of sp³-hybridized carbons (Fsp3) is 0.176. The number of rotatable bonds is 5. The summed E-state index contributed by atoms with van der Waals surface area (Å²) in [5, 5.41) is 9.05. The quantitative estimate of drug-likeness (QED) is 0.788. The molecule has 6 heteroatoms. The van der Waals surface area contributed by atoms with Gasteiger partial charge in [-0.2, -0.15) is 0 Å². The number of amides is 2. The van der Waals surface area contributed by atoms with Crippen LogP contribution in [0.1, 0.15) is 17.3 Å². The molecule has 0 fully saturated rings. The molecule has 23 heavy (non-hydrogen) atoms. The van der Waals surface area contributed by atoms with E-state index >= 15 is 0 Å².